The third-order valence-electron chi connectivity index (χ3n) is 3.03. The van der Waals surface area contributed by atoms with Crippen LogP contribution in [-0.2, 0) is 0 Å². The van der Waals surface area contributed by atoms with E-state index >= 15 is 0 Å². The van der Waals surface area contributed by atoms with Gasteiger partial charge in [-0.3, -0.25) is 0 Å². The minimum atomic E-state index is -0.0773. The molecule has 0 aliphatic heterocycles. The van der Waals surface area contributed by atoms with Crippen LogP contribution in [0.15, 0.2) is 30.3 Å². The van der Waals surface area contributed by atoms with Crippen molar-refractivity contribution in [3.05, 3.63) is 47.0 Å². The van der Waals surface area contributed by atoms with Crippen LogP contribution in [0.5, 0.6) is 11.5 Å². The Morgan fingerprint density at radius 1 is 0.824 bits per heavy atom. The Balaban J connectivity index is 2.76. The van der Waals surface area contributed by atoms with Crippen LogP contribution in [-0.4, -0.2) is 10.2 Å². The second-order valence-electron chi connectivity index (χ2n) is 4.44. The molecule has 0 aliphatic rings. The van der Waals surface area contributed by atoms with Crippen molar-refractivity contribution in [2.24, 2.45) is 0 Å². The van der Waals surface area contributed by atoms with Crippen LogP contribution in [0.1, 0.15) is 16.7 Å². The molecule has 0 unspecified atom stereocenters. The number of aromatic hydroxyl groups is 2. The van der Waals surface area contributed by atoms with Gasteiger partial charge in [0.2, 0.25) is 0 Å². The summed E-state index contributed by atoms with van der Waals surface area (Å²) in [5, 5.41) is 19.6. The van der Waals surface area contributed by atoms with E-state index in [-0.39, 0.29) is 11.5 Å². The predicted molar refractivity (Wildman–Crippen MR) is 69.4 cm³/mol. The van der Waals surface area contributed by atoms with Gasteiger partial charge < -0.3 is 10.2 Å². The summed E-state index contributed by atoms with van der Waals surface area (Å²) in [5.41, 5.74) is 4.85. The number of hydrogen-bond acceptors (Lipinski definition) is 2. The first-order chi connectivity index (χ1) is 8.00. The summed E-state index contributed by atoms with van der Waals surface area (Å²) < 4.78 is 0. The molecule has 2 aromatic carbocycles. The molecule has 0 radical (unpaired) electrons. The Bertz CT molecular complexity index is 571. The average molecular weight is 228 g/mol. The fourth-order valence-electron chi connectivity index (χ4n) is 2.03. The van der Waals surface area contributed by atoms with E-state index in [4.69, 9.17) is 0 Å². The molecule has 0 fully saturated rings. The van der Waals surface area contributed by atoms with Crippen molar-refractivity contribution in [3.63, 3.8) is 0 Å². The van der Waals surface area contributed by atoms with Gasteiger partial charge in [-0.05, 0) is 43.5 Å². The Hall–Kier alpha value is -1.96. The Kier molecular flexibility index (Phi) is 2.80. The molecule has 0 saturated heterocycles. The third kappa shape index (κ3) is 1.98. The van der Waals surface area contributed by atoms with Gasteiger partial charge in [0, 0.05) is 5.56 Å². The van der Waals surface area contributed by atoms with Crippen molar-refractivity contribution in [1.82, 2.24) is 0 Å². The first-order valence-corrected chi connectivity index (χ1v) is 5.60. The van der Waals surface area contributed by atoms with Crippen molar-refractivity contribution >= 4 is 0 Å². The summed E-state index contributed by atoms with van der Waals surface area (Å²) in [6.45, 7) is 5.94. The number of aryl methyl sites for hydroxylation is 3. The van der Waals surface area contributed by atoms with Crippen LogP contribution in [0.2, 0.25) is 0 Å². The molecule has 0 heterocycles. The molecule has 2 rings (SSSR count). The molecule has 0 bridgehead atoms. The molecule has 0 atom stereocenters. The summed E-state index contributed by atoms with van der Waals surface area (Å²) in [5.74, 6) is -0.120. The fraction of sp³-hybridized carbons (Fsp3) is 0.200. The number of rotatable bonds is 1. The maximum Gasteiger partial charge on any atom is 0.165 e. The van der Waals surface area contributed by atoms with E-state index in [0.717, 1.165) is 22.3 Å². The molecule has 2 nitrogen and oxygen atoms in total. The highest BCUT2D eigenvalue weighted by molar-refractivity contribution is 5.78. The molecule has 17 heavy (non-hydrogen) atoms. The van der Waals surface area contributed by atoms with Gasteiger partial charge in [0.15, 0.2) is 11.5 Å². The van der Waals surface area contributed by atoms with Gasteiger partial charge in [0.25, 0.3) is 0 Å². The van der Waals surface area contributed by atoms with Gasteiger partial charge >= 0.3 is 0 Å². The van der Waals surface area contributed by atoms with E-state index in [0.29, 0.717) is 5.56 Å². The van der Waals surface area contributed by atoms with Gasteiger partial charge in [-0.1, -0.05) is 29.8 Å². The zero-order chi connectivity index (χ0) is 12.6. The average Bonchev–Trinajstić information content (AvgIpc) is 2.29. The summed E-state index contributed by atoms with van der Waals surface area (Å²) in [6, 6.07) is 9.41. The summed E-state index contributed by atoms with van der Waals surface area (Å²) in [7, 11) is 0. The van der Waals surface area contributed by atoms with Crippen LogP contribution < -0.4 is 0 Å². The van der Waals surface area contributed by atoms with Crippen LogP contribution in [0.3, 0.4) is 0 Å². The second-order valence-corrected chi connectivity index (χ2v) is 4.44. The SMILES string of the molecule is Cc1ccc(C)c(-c2c(C)ccc(O)c2O)c1. The van der Waals surface area contributed by atoms with Gasteiger partial charge in [-0.15, -0.1) is 0 Å². The molecule has 0 amide bonds. The zero-order valence-corrected chi connectivity index (χ0v) is 10.3. The molecule has 0 saturated carbocycles. The molecule has 0 spiro atoms. The quantitative estimate of drug-likeness (QED) is 0.731. The smallest absolute Gasteiger partial charge is 0.165 e. The fourth-order valence-corrected chi connectivity index (χ4v) is 2.03. The second kappa shape index (κ2) is 4.13. The summed E-state index contributed by atoms with van der Waals surface area (Å²) in [6.07, 6.45) is 0. The predicted octanol–water partition coefficient (Wildman–Crippen LogP) is 3.69. The number of phenols is 2. The Labute approximate surface area is 101 Å². The number of hydrogen-bond donors (Lipinski definition) is 2. The molecule has 2 N–H and O–H groups in total. The normalized spacial score (nSPS) is 10.5. The third-order valence-corrected chi connectivity index (χ3v) is 3.03. The van der Waals surface area contributed by atoms with Crippen LogP contribution in [0, 0.1) is 20.8 Å². The maximum atomic E-state index is 10.00. The van der Waals surface area contributed by atoms with Crippen molar-refractivity contribution in [2.45, 2.75) is 20.8 Å². The first kappa shape index (κ1) is 11.5. The molecule has 88 valence electrons. The standard InChI is InChI=1S/C15H16O2/c1-9-4-5-10(2)12(8-9)14-11(3)6-7-13(16)15(14)17/h4-8,16-17H,1-3H3. The van der Waals surface area contributed by atoms with E-state index in [1.165, 1.54) is 6.07 Å². The first-order valence-electron chi connectivity index (χ1n) is 5.60. The van der Waals surface area contributed by atoms with E-state index in [1.807, 2.05) is 45.0 Å². The highest BCUT2D eigenvalue weighted by Gasteiger charge is 2.13. The largest absolute Gasteiger partial charge is 0.504 e. The topological polar surface area (TPSA) is 40.5 Å². The highest BCUT2D eigenvalue weighted by Crippen LogP contribution is 2.40. The Morgan fingerprint density at radius 3 is 2.18 bits per heavy atom. The molecule has 0 aliphatic carbocycles. The minimum absolute atomic E-state index is 0.0429. The van der Waals surface area contributed by atoms with E-state index in [9.17, 15) is 10.2 Å². The van der Waals surface area contributed by atoms with Gasteiger partial charge in [-0.2, -0.15) is 0 Å². The molecule has 2 heteroatoms. The van der Waals surface area contributed by atoms with Crippen LogP contribution in [0.25, 0.3) is 11.1 Å². The van der Waals surface area contributed by atoms with E-state index in [1.54, 1.807) is 0 Å². The lowest BCUT2D eigenvalue weighted by Gasteiger charge is -2.13. The molecule has 0 aromatic heterocycles. The summed E-state index contributed by atoms with van der Waals surface area (Å²) >= 11 is 0. The van der Waals surface area contributed by atoms with Gasteiger partial charge in [-0.25, -0.2) is 0 Å². The van der Waals surface area contributed by atoms with E-state index in [2.05, 4.69) is 0 Å². The van der Waals surface area contributed by atoms with Gasteiger partial charge in [0.05, 0.1) is 0 Å². The van der Waals surface area contributed by atoms with Crippen LogP contribution >= 0.6 is 0 Å². The van der Waals surface area contributed by atoms with Crippen LogP contribution in [0.4, 0.5) is 0 Å². The molecular weight excluding hydrogens is 212 g/mol. The number of benzene rings is 2. The lowest BCUT2D eigenvalue weighted by molar-refractivity contribution is 0.405. The minimum Gasteiger partial charge on any atom is -0.504 e. The van der Waals surface area contributed by atoms with Crippen molar-refractivity contribution < 1.29 is 10.2 Å². The van der Waals surface area contributed by atoms with Crippen molar-refractivity contribution in [3.8, 4) is 22.6 Å². The van der Waals surface area contributed by atoms with Crippen molar-refractivity contribution in [1.29, 1.82) is 0 Å². The lowest BCUT2D eigenvalue weighted by atomic mass is 9.94. The number of phenolic OH excluding ortho intramolecular Hbond substituents is 2. The maximum absolute atomic E-state index is 10.00. The highest BCUT2D eigenvalue weighted by atomic mass is 16.3. The Morgan fingerprint density at radius 2 is 1.47 bits per heavy atom. The lowest BCUT2D eigenvalue weighted by Crippen LogP contribution is -1.89. The van der Waals surface area contributed by atoms with E-state index < -0.39 is 0 Å². The molecule has 2 aromatic rings. The zero-order valence-electron chi connectivity index (χ0n) is 10.3. The summed E-state index contributed by atoms with van der Waals surface area (Å²) in [4.78, 5) is 0. The monoisotopic (exact) mass is 228 g/mol. The van der Waals surface area contributed by atoms with Crippen molar-refractivity contribution in [2.75, 3.05) is 0 Å². The molecular formula is C15H16O2. The van der Waals surface area contributed by atoms with Gasteiger partial charge in [0.1, 0.15) is 0 Å².